The Labute approximate surface area is 165 Å². The van der Waals surface area contributed by atoms with Gasteiger partial charge in [-0.1, -0.05) is 16.9 Å². The molecule has 1 aliphatic rings. The standard InChI is InChI=1S/C15H15F3N6O.2ClH/c16-15(17,18)11-1-2-13(20-8-11)24-9-12(22-23-24)14(25)21-7-10-3-5-19-6-4-10;;/h1-3,8-9,19H,4-7H2,(H,21,25);2*1H. The van der Waals surface area contributed by atoms with Gasteiger partial charge in [0.1, 0.15) is 0 Å². The number of rotatable bonds is 4. The highest BCUT2D eigenvalue weighted by molar-refractivity contribution is 5.92. The second-order valence-corrected chi connectivity index (χ2v) is 5.45. The van der Waals surface area contributed by atoms with Crippen molar-refractivity contribution in [3.05, 3.63) is 47.4 Å². The van der Waals surface area contributed by atoms with Crippen molar-refractivity contribution in [3.8, 4) is 5.82 Å². The maximum Gasteiger partial charge on any atom is 0.417 e. The summed E-state index contributed by atoms with van der Waals surface area (Å²) in [6.07, 6.45) is 0.458. The van der Waals surface area contributed by atoms with E-state index in [-0.39, 0.29) is 36.3 Å². The number of aromatic nitrogens is 4. The number of halogens is 5. The van der Waals surface area contributed by atoms with Crippen molar-refractivity contribution in [1.29, 1.82) is 0 Å². The average molecular weight is 425 g/mol. The third-order valence-electron chi connectivity index (χ3n) is 3.67. The summed E-state index contributed by atoms with van der Waals surface area (Å²) in [5.74, 6) is -0.266. The van der Waals surface area contributed by atoms with E-state index in [1.54, 1.807) is 0 Å². The molecule has 0 aliphatic carbocycles. The molecule has 0 saturated carbocycles. The van der Waals surface area contributed by atoms with E-state index < -0.39 is 17.6 Å². The Hall–Kier alpha value is -2.17. The van der Waals surface area contributed by atoms with E-state index >= 15 is 0 Å². The van der Waals surface area contributed by atoms with Crippen molar-refractivity contribution in [1.82, 2.24) is 30.6 Å². The lowest BCUT2D eigenvalue weighted by atomic mass is 10.1. The Morgan fingerprint density at radius 2 is 2.07 bits per heavy atom. The molecule has 0 bridgehead atoms. The van der Waals surface area contributed by atoms with E-state index in [1.807, 2.05) is 6.08 Å². The lowest BCUT2D eigenvalue weighted by Crippen LogP contribution is -2.29. The van der Waals surface area contributed by atoms with Gasteiger partial charge in [-0.2, -0.15) is 13.2 Å². The van der Waals surface area contributed by atoms with Crippen LogP contribution in [-0.2, 0) is 6.18 Å². The highest BCUT2D eigenvalue weighted by atomic mass is 35.5. The molecule has 0 unspecified atom stereocenters. The van der Waals surface area contributed by atoms with Crippen LogP contribution in [0.15, 0.2) is 36.2 Å². The number of nitrogens with zero attached hydrogens (tertiary/aromatic N) is 4. The minimum Gasteiger partial charge on any atom is -0.347 e. The Kier molecular flexibility index (Phi) is 8.20. The predicted octanol–water partition coefficient (Wildman–Crippen LogP) is 2.17. The SMILES string of the molecule is Cl.Cl.O=C(NCC1=CCNCC1)c1cn(-c2ccc(C(F)(F)F)cn2)nn1. The minimum atomic E-state index is -4.46. The number of carbonyl (C=O) groups excluding carboxylic acids is 1. The lowest BCUT2D eigenvalue weighted by molar-refractivity contribution is -0.137. The third-order valence-corrected chi connectivity index (χ3v) is 3.67. The third kappa shape index (κ3) is 5.91. The summed E-state index contributed by atoms with van der Waals surface area (Å²) in [5, 5.41) is 13.4. The number of hydrogen-bond acceptors (Lipinski definition) is 5. The van der Waals surface area contributed by atoms with Gasteiger partial charge in [0.05, 0.1) is 11.8 Å². The molecule has 12 heteroatoms. The number of nitrogens with one attached hydrogen (secondary N) is 2. The summed E-state index contributed by atoms with van der Waals surface area (Å²) < 4.78 is 38.8. The van der Waals surface area contributed by atoms with Crippen molar-refractivity contribution in [3.63, 3.8) is 0 Å². The molecular formula is C15H17Cl2F3N6O. The van der Waals surface area contributed by atoms with Gasteiger partial charge < -0.3 is 10.6 Å². The van der Waals surface area contributed by atoms with E-state index in [1.165, 1.54) is 12.3 Å². The van der Waals surface area contributed by atoms with Crippen LogP contribution in [0.2, 0.25) is 0 Å². The molecule has 0 atom stereocenters. The van der Waals surface area contributed by atoms with Crippen LogP contribution in [0.3, 0.4) is 0 Å². The largest absolute Gasteiger partial charge is 0.417 e. The molecule has 2 N–H and O–H groups in total. The molecule has 0 saturated heterocycles. The summed E-state index contributed by atoms with van der Waals surface area (Å²) >= 11 is 0. The number of pyridine rings is 1. The molecule has 1 amide bonds. The van der Waals surface area contributed by atoms with Gasteiger partial charge >= 0.3 is 6.18 Å². The lowest BCUT2D eigenvalue weighted by Gasteiger charge is -2.13. The molecular weight excluding hydrogens is 408 g/mol. The van der Waals surface area contributed by atoms with Crippen LogP contribution in [0.5, 0.6) is 0 Å². The van der Waals surface area contributed by atoms with Gasteiger partial charge in [-0.3, -0.25) is 4.79 Å². The average Bonchev–Trinajstić information content (AvgIpc) is 3.10. The number of carbonyl (C=O) groups is 1. The fraction of sp³-hybridized carbons (Fsp3) is 0.333. The molecule has 0 aromatic carbocycles. The molecule has 1 aliphatic heterocycles. The molecule has 3 rings (SSSR count). The second-order valence-electron chi connectivity index (χ2n) is 5.45. The van der Waals surface area contributed by atoms with Crippen LogP contribution in [0, 0.1) is 0 Å². The zero-order chi connectivity index (χ0) is 17.9. The van der Waals surface area contributed by atoms with Crippen LogP contribution >= 0.6 is 24.8 Å². The Morgan fingerprint density at radius 3 is 2.67 bits per heavy atom. The summed E-state index contributed by atoms with van der Waals surface area (Å²) in [4.78, 5) is 15.8. The van der Waals surface area contributed by atoms with Crippen LogP contribution < -0.4 is 10.6 Å². The molecule has 3 heterocycles. The van der Waals surface area contributed by atoms with Crippen molar-refractivity contribution >= 4 is 30.7 Å². The first kappa shape index (κ1) is 22.9. The normalized spacial score (nSPS) is 13.8. The zero-order valence-corrected chi connectivity index (χ0v) is 15.5. The first-order valence-corrected chi connectivity index (χ1v) is 7.56. The van der Waals surface area contributed by atoms with Crippen molar-refractivity contribution < 1.29 is 18.0 Å². The minimum absolute atomic E-state index is 0. The van der Waals surface area contributed by atoms with Crippen LogP contribution in [0.4, 0.5) is 13.2 Å². The molecule has 0 radical (unpaired) electrons. The number of amides is 1. The molecule has 7 nitrogen and oxygen atoms in total. The molecule has 2 aromatic heterocycles. The van der Waals surface area contributed by atoms with Gasteiger partial charge in [0.2, 0.25) is 0 Å². The van der Waals surface area contributed by atoms with E-state index in [0.717, 1.165) is 35.8 Å². The van der Waals surface area contributed by atoms with E-state index in [0.29, 0.717) is 12.7 Å². The zero-order valence-electron chi connectivity index (χ0n) is 13.9. The summed E-state index contributed by atoms with van der Waals surface area (Å²) in [6.45, 7) is 2.07. The number of alkyl halides is 3. The molecule has 148 valence electrons. The fourth-order valence-corrected chi connectivity index (χ4v) is 2.28. The maximum atomic E-state index is 12.5. The molecule has 2 aromatic rings. The Morgan fingerprint density at radius 1 is 1.30 bits per heavy atom. The van der Waals surface area contributed by atoms with E-state index in [9.17, 15) is 18.0 Å². The van der Waals surface area contributed by atoms with E-state index in [2.05, 4.69) is 25.9 Å². The van der Waals surface area contributed by atoms with Gasteiger partial charge in [0.25, 0.3) is 5.91 Å². The predicted molar refractivity (Wildman–Crippen MR) is 96.6 cm³/mol. The van der Waals surface area contributed by atoms with Crippen molar-refractivity contribution in [2.75, 3.05) is 19.6 Å². The molecule has 27 heavy (non-hydrogen) atoms. The summed E-state index contributed by atoms with van der Waals surface area (Å²) in [7, 11) is 0. The van der Waals surface area contributed by atoms with Gasteiger partial charge in [-0.15, -0.1) is 29.9 Å². The highest BCUT2D eigenvalue weighted by Gasteiger charge is 2.30. The van der Waals surface area contributed by atoms with Gasteiger partial charge in [-0.25, -0.2) is 9.67 Å². The van der Waals surface area contributed by atoms with Gasteiger partial charge in [0, 0.05) is 19.3 Å². The van der Waals surface area contributed by atoms with Crippen molar-refractivity contribution in [2.45, 2.75) is 12.6 Å². The second kappa shape index (κ2) is 9.67. The smallest absolute Gasteiger partial charge is 0.347 e. The highest BCUT2D eigenvalue weighted by Crippen LogP contribution is 2.28. The maximum absolute atomic E-state index is 12.5. The van der Waals surface area contributed by atoms with Gasteiger partial charge in [-0.05, 0) is 25.1 Å². The number of hydrogen-bond donors (Lipinski definition) is 2. The van der Waals surface area contributed by atoms with Crippen LogP contribution in [0.25, 0.3) is 5.82 Å². The Balaban J connectivity index is 0.00000182. The summed E-state index contributed by atoms with van der Waals surface area (Å²) in [6, 6.07) is 2.06. The van der Waals surface area contributed by atoms with Crippen LogP contribution in [-0.4, -0.2) is 45.5 Å². The van der Waals surface area contributed by atoms with E-state index in [4.69, 9.17) is 0 Å². The fourth-order valence-electron chi connectivity index (χ4n) is 2.28. The monoisotopic (exact) mass is 424 g/mol. The quantitative estimate of drug-likeness (QED) is 0.734. The van der Waals surface area contributed by atoms with Crippen molar-refractivity contribution in [2.24, 2.45) is 0 Å². The molecule has 0 fully saturated rings. The van der Waals surface area contributed by atoms with Crippen LogP contribution in [0.1, 0.15) is 22.5 Å². The molecule has 0 spiro atoms. The first-order chi connectivity index (χ1) is 11.9. The summed E-state index contributed by atoms with van der Waals surface area (Å²) in [5.41, 5.74) is 0.338. The Bertz CT molecular complexity index is 792. The van der Waals surface area contributed by atoms with Gasteiger partial charge in [0.15, 0.2) is 11.5 Å². The topological polar surface area (TPSA) is 84.7 Å². The first-order valence-electron chi connectivity index (χ1n) is 7.56.